The third-order valence-electron chi connectivity index (χ3n) is 4.35. The van der Waals surface area contributed by atoms with Crippen LogP contribution in [0.25, 0.3) is 0 Å². The molecule has 2 saturated heterocycles. The summed E-state index contributed by atoms with van der Waals surface area (Å²) in [5.41, 5.74) is 0.0385. The zero-order valence-corrected chi connectivity index (χ0v) is 13.0. The van der Waals surface area contributed by atoms with E-state index < -0.39 is 0 Å². The first-order valence-corrected chi connectivity index (χ1v) is 8.59. The molecule has 0 aliphatic carbocycles. The van der Waals surface area contributed by atoms with Crippen molar-refractivity contribution in [2.45, 2.75) is 50.5 Å². The molecule has 4 nitrogen and oxygen atoms in total. The minimum atomic E-state index is -0.300. The van der Waals surface area contributed by atoms with Crippen molar-refractivity contribution in [2.24, 2.45) is 5.92 Å². The zero-order valence-electron chi connectivity index (χ0n) is 12.2. The summed E-state index contributed by atoms with van der Waals surface area (Å²) < 4.78 is 10.6. The highest BCUT2D eigenvalue weighted by Gasteiger charge is 2.39. The van der Waals surface area contributed by atoms with Crippen LogP contribution in [0.4, 0.5) is 0 Å². The fraction of sp³-hybridized carbons (Fsp3) is 0.867. The predicted octanol–water partition coefficient (Wildman–Crippen LogP) is 2.59. The molecule has 0 N–H and O–H groups in total. The number of rotatable bonds is 5. The molecule has 0 radical (unpaired) electrons. The Morgan fingerprint density at radius 2 is 2.05 bits per heavy atom. The maximum Gasteiger partial charge on any atom is 0.305 e. The molecule has 0 aromatic heterocycles. The first-order chi connectivity index (χ1) is 9.63. The summed E-state index contributed by atoms with van der Waals surface area (Å²) in [6.45, 7) is 0.777. The summed E-state index contributed by atoms with van der Waals surface area (Å²) in [6.07, 6.45) is 5.33. The fourth-order valence-corrected chi connectivity index (χ4v) is 4.40. The van der Waals surface area contributed by atoms with Crippen molar-refractivity contribution in [1.29, 1.82) is 0 Å². The number of carbonyl (C=O) groups excluding carboxylic acids is 2. The van der Waals surface area contributed by atoms with E-state index in [4.69, 9.17) is 4.74 Å². The van der Waals surface area contributed by atoms with E-state index in [0.717, 1.165) is 32.3 Å². The summed E-state index contributed by atoms with van der Waals surface area (Å²) >= 11 is 1.99. The Balaban J connectivity index is 1.77. The Bertz CT molecular complexity index is 344. The first-order valence-electron chi connectivity index (χ1n) is 7.44. The molecule has 1 spiro atoms. The van der Waals surface area contributed by atoms with Gasteiger partial charge >= 0.3 is 5.97 Å². The first kappa shape index (κ1) is 15.8. The van der Waals surface area contributed by atoms with E-state index in [1.165, 1.54) is 18.6 Å². The molecule has 1 atom stereocenters. The lowest BCUT2D eigenvalue weighted by Crippen LogP contribution is -2.43. The topological polar surface area (TPSA) is 52.6 Å². The third-order valence-corrected chi connectivity index (χ3v) is 5.34. The summed E-state index contributed by atoms with van der Waals surface area (Å²) in [7, 11) is 1.36. The number of ether oxygens (including phenoxy) is 2. The minimum absolute atomic E-state index is 0.0385. The van der Waals surface area contributed by atoms with Gasteiger partial charge in [-0.2, -0.15) is 11.8 Å². The van der Waals surface area contributed by atoms with Gasteiger partial charge in [0.15, 0.2) is 0 Å². The number of hydrogen-bond donors (Lipinski definition) is 0. The Kier molecular flexibility index (Phi) is 5.90. The molecule has 2 rings (SSSR count). The highest BCUT2D eigenvalue weighted by atomic mass is 32.2. The normalized spacial score (nSPS) is 25.4. The van der Waals surface area contributed by atoms with Gasteiger partial charge in [-0.1, -0.05) is 0 Å². The van der Waals surface area contributed by atoms with Crippen LogP contribution in [0.2, 0.25) is 0 Å². The third kappa shape index (κ3) is 4.48. The molecule has 0 amide bonds. The molecule has 1 unspecified atom stereocenters. The maximum atomic E-state index is 12.0. The monoisotopic (exact) mass is 300 g/mol. The molecule has 2 aliphatic rings. The molecule has 2 heterocycles. The van der Waals surface area contributed by atoms with Crippen LogP contribution in [-0.2, 0) is 19.1 Å². The largest absolute Gasteiger partial charge is 0.469 e. The number of methoxy groups -OCH3 is 1. The number of thioether (sulfide) groups is 1. The molecule has 0 aromatic carbocycles. The molecule has 0 saturated carbocycles. The van der Waals surface area contributed by atoms with E-state index in [1.807, 2.05) is 11.8 Å². The molecular weight excluding hydrogens is 276 g/mol. The highest BCUT2D eigenvalue weighted by molar-refractivity contribution is 7.99. The summed E-state index contributed by atoms with van der Waals surface area (Å²) in [5.74, 6) is 2.65. The van der Waals surface area contributed by atoms with Gasteiger partial charge in [-0.25, -0.2) is 0 Å². The molecule has 5 heteroatoms. The Hall–Kier alpha value is -0.550. The average molecular weight is 300 g/mol. The van der Waals surface area contributed by atoms with Crippen molar-refractivity contribution in [3.63, 3.8) is 0 Å². The molecule has 114 valence electrons. The van der Waals surface area contributed by atoms with E-state index in [0.29, 0.717) is 18.8 Å². The van der Waals surface area contributed by atoms with Gasteiger partial charge in [0, 0.05) is 19.4 Å². The number of esters is 1. The molecule has 0 aromatic rings. The lowest BCUT2D eigenvalue weighted by atomic mass is 9.79. The molecule has 20 heavy (non-hydrogen) atoms. The van der Waals surface area contributed by atoms with Gasteiger partial charge in [0.05, 0.1) is 19.1 Å². The van der Waals surface area contributed by atoms with Crippen LogP contribution in [-0.4, -0.2) is 42.6 Å². The highest BCUT2D eigenvalue weighted by Crippen LogP contribution is 2.40. The van der Waals surface area contributed by atoms with Crippen LogP contribution in [0.15, 0.2) is 0 Å². The van der Waals surface area contributed by atoms with Gasteiger partial charge in [0.2, 0.25) is 0 Å². The Morgan fingerprint density at radius 3 is 2.75 bits per heavy atom. The number of ketones is 1. The number of Topliss-reactive ketones (excluding diaryl/α,β-unsaturated/α-hetero) is 1. The van der Waals surface area contributed by atoms with Gasteiger partial charge in [0.1, 0.15) is 5.78 Å². The van der Waals surface area contributed by atoms with E-state index in [1.54, 1.807) is 0 Å². The quantitative estimate of drug-likeness (QED) is 0.730. The van der Waals surface area contributed by atoms with Crippen LogP contribution in [0, 0.1) is 5.92 Å². The van der Waals surface area contributed by atoms with Crippen molar-refractivity contribution < 1.29 is 19.1 Å². The smallest absolute Gasteiger partial charge is 0.305 e. The SMILES string of the molecule is COC(=O)CCC(=O)CC1CCOC2(CCSCC2)C1. The van der Waals surface area contributed by atoms with Gasteiger partial charge in [-0.05, 0) is 43.1 Å². The second kappa shape index (κ2) is 7.46. The van der Waals surface area contributed by atoms with Crippen molar-refractivity contribution >= 4 is 23.5 Å². The van der Waals surface area contributed by atoms with E-state index in [-0.39, 0.29) is 23.8 Å². The number of hydrogen-bond acceptors (Lipinski definition) is 5. The summed E-state index contributed by atoms with van der Waals surface area (Å²) in [6, 6.07) is 0. The van der Waals surface area contributed by atoms with Gasteiger partial charge in [-0.15, -0.1) is 0 Å². The minimum Gasteiger partial charge on any atom is -0.469 e. The van der Waals surface area contributed by atoms with Crippen LogP contribution in [0.5, 0.6) is 0 Å². The van der Waals surface area contributed by atoms with Crippen LogP contribution < -0.4 is 0 Å². The summed E-state index contributed by atoms with van der Waals surface area (Å²) in [5, 5.41) is 0. The second-order valence-corrected chi connectivity index (χ2v) is 7.05. The van der Waals surface area contributed by atoms with Crippen molar-refractivity contribution in [2.75, 3.05) is 25.2 Å². The Morgan fingerprint density at radius 1 is 1.30 bits per heavy atom. The molecule has 0 bridgehead atoms. The molecule has 2 aliphatic heterocycles. The van der Waals surface area contributed by atoms with E-state index in [2.05, 4.69) is 4.74 Å². The van der Waals surface area contributed by atoms with Crippen LogP contribution in [0.1, 0.15) is 44.9 Å². The predicted molar refractivity (Wildman–Crippen MR) is 78.8 cm³/mol. The van der Waals surface area contributed by atoms with Gasteiger partial charge in [-0.3, -0.25) is 9.59 Å². The van der Waals surface area contributed by atoms with Crippen LogP contribution >= 0.6 is 11.8 Å². The van der Waals surface area contributed by atoms with E-state index in [9.17, 15) is 9.59 Å². The zero-order chi connectivity index (χ0) is 14.4. The van der Waals surface area contributed by atoms with Crippen LogP contribution in [0.3, 0.4) is 0 Å². The van der Waals surface area contributed by atoms with Gasteiger partial charge in [0.25, 0.3) is 0 Å². The van der Waals surface area contributed by atoms with Crippen molar-refractivity contribution in [3.05, 3.63) is 0 Å². The number of carbonyl (C=O) groups is 2. The molecular formula is C15H24O4S. The Labute approximate surface area is 125 Å². The lowest BCUT2D eigenvalue weighted by Gasteiger charge is -2.43. The maximum absolute atomic E-state index is 12.0. The fourth-order valence-electron chi connectivity index (χ4n) is 3.16. The van der Waals surface area contributed by atoms with Gasteiger partial charge < -0.3 is 9.47 Å². The second-order valence-electron chi connectivity index (χ2n) is 5.82. The standard InChI is InChI=1S/C15H24O4S/c1-18-14(17)3-2-13(16)10-12-4-7-19-15(11-12)5-8-20-9-6-15/h12H,2-11H2,1H3. The molecule has 2 fully saturated rings. The lowest BCUT2D eigenvalue weighted by molar-refractivity contribution is -0.142. The van der Waals surface area contributed by atoms with E-state index >= 15 is 0 Å². The van der Waals surface area contributed by atoms with Crippen molar-refractivity contribution in [3.8, 4) is 0 Å². The van der Waals surface area contributed by atoms with Crippen molar-refractivity contribution in [1.82, 2.24) is 0 Å². The average Bonchev–Trinajstić information content (AvgIpc) is 2.45. The summed E-state index contributed by atoms with van der Waals surface area (Å²) in [4.78, 5) is 23.0.